The average molecular weight is 306 g/mol. The molecule has 2 aromatic heterocycles. The predicted molar refractivity (Wildman–Crippen MR) is 90.0 cm³/mol. The SMILES string of the molecule is Cc1ccc(O)cc1-n1nc2c(c1N)c(=O)[nH]c1ccccc12. The van der Waals surface area contributed by atoms with E-state index in [9.17, 15) is 9.90 Å². The van der Waals surface area contributed by atoms with Crippen molar-refractivity contribution < 1.29 is 5.11 Å². The smallest absolute Gasteiger partial charge is 0.261 e. The van der Waals surface area contributed by atoms with Crippen LogP contribution in [0.1, 0.15) is 5.56 Å². The predicted octanol–water partition coefficient (Wildman–Crippen LogP) is 2.46. The number of pyridine rings is 1. The molecule has 0 saturated carbocycles. The number of aromatic hydroxyl groups is 1. The summed E-state index contributed by atoms with van der Waals surface area (Å²) in [5, 5.41) is 15.5. The van der Waals surface area contributed by atoms with Crippen LogP contribution in [0.25, 0.3) is 27.5 Å². The molecular formula is C17H14N4O2. The first kappa shape index (κ1) is 13.4. The molecule has 0 unspecified atom stereocenters. The molecule has 114 valence electrons. The number of hydrogen-bond acceptors (Lipinski definition) is 4. The van der Waals surface area contributed by atoms with Gasteiger partial charge in [0.2, 0.25) is 0 Å². The molecule has 0 aliphatic rings. The number of aryl methyl sites for hydroxylation is 1. The fraction of sp³-hybridized carbons (Fsp3) is 0.0588. The zero-order chi connectivity index (χ0) is 16.1. The van der Waals surface area contributed by atoms with Crippen LogP contribution in [0.15, 0.2) is 47.3 Å². The van der Waals surface area contributed by atoms with Crippen molar-refractivity contribution in [2.24, 2.45) is 0 Å². The highest BCUT2D eigenvalue weighted by molar-refractivity contribution is 6.06. The van der Waals surface area contributed by atoms with Crippen LogP contribution in [-0.4, -0.2) is 19.9 Å². The van der Waals surface area contributed by atoms with Crippen molar-refractivity contribution in [3.05, 3.63) is 58.4 Å². The van der Waals surface area contributed by atoms with Crippen molar-refractivity contribution in [1.82, 2.24) is 14.8 Å². The molecule has 0 atom stereocenters. The Kier molecular flexibility index (Phi) is 2.68. The maximum absolute atomic E-state index is 12.4. The van der Waals surface area contributed by atoms with Gasteiger partial charge in [0.25, 0.3) is 5.56 Å². The van der Waals surface area contributed by atoms with E-state index in [-0.39, 0.29) is 17.1 Å². The fourth-order valence-electron chi connectivity index (χ4n) is 2.84. The molecule has 4 rings (SSSR count). The highest BCUT2D eigenvalue weighted by Crippen LogP contribution is 2.28. The molecule has 2 aromatic carbocycles. The summed E-state index contributed by atoms with van der Waals surface area (Å²) in [6.07, 6.45) is 0. The molecule has 0 radical (unpaired) electrons. The molecule has 0 aliphatic carbocycles. The molecule has 4 aromatic rings. The van der Waals surface area contributed by atoms with Crippen LogP contribution in [0.5, 0.6) is 5.75 Å². The Hall–Kier alpha value is -3.28. The van der Waals surface area contributed by atoms with E-state index in [1.807, 2.05) is 31.2 Å². The summed E-state index contributed by atoms with van der Waals surface area (Å²) in [5.41, 5.74) is 8.69. The quantitative estimate of drug-likeness (QED) is 0.503. The van der Waals surface area contributed by atoms with Gasteiger partial charge in [0.1, 0.15) is 22.5 Å². The van der Waals surface area contributed by atoms with Crippen molar-refractivity contribution >= 4 is 27.6 Å². The fourth-order valence-corrected chi connectivity index (χ4v) is 2.84. The number of H-pyrrole nitrogens is 1. The van der Waals surface area contributed by atoms with Gasteiger partial charge in [-0.3, -0.25) is 4.79 Å². The third-order valence-electron chi connectivity index (χ3n) is 4.00. The molecule has 0 spiro atoms. The Bertz CT molecular complexity index is 1120. The second kappa shape index (κ2) is 4.61. The number of anilines is 1. The average Bonchev–Trinajstić information content (AvgIpc) is 2.88. The number of aromatic nitrogens is 3. The van der Waals surface area contributed by atoms with E-state index in [0.717, 1.165) is 10.9 Å². The number of fused-ring (bicyclic) bond motifs is 3. The second-order valence-electron chi connectivity index (χ2n) is 5.49. The topological polar surface area (TPSA) is 96.9 Å². The number of benzene rings is 2. The van der Waals surface area contributed by atoms with Crippen molar-refractivity contribution in [2.45, 2.75) is 6.92 Å². The van der Waals surface area contributed by atoms with Gasteiger partial charge in [-0.15, -0.1) is 0 Å². The van der Waals surface area contributed by atoms with Gasteiger partial charge in [-0.2, -0.15) is 5.10 Å². The number of rotatable bonds is 1. The van der Waals surface area contributed by atoms with Crippen LogP contribution in [0.2, 0.25) is 0 Å². The Morgan fingerprint density at radius 1 is 1.22 bits per heavy atom. The molecule has 0 bridgehead atoms. The summed E-state index contributed by atoms with van der Waals surface area (Å²) in [5.74, 6) is 0.365. The molecule has 0 saturated heterocycles. The zero-order valence-corrected chi connectivity index (χ0v) is 12.4. The van der Waals surface area contributed by atoms with E-state index in [4.69, 9.17) is 5.73 Å². The van der Waals surface area contributed by atoms with Crippen molar-refractivity contribution in [2.75, 3.05) is 5.73 Å². The molecule has 6 heteroatoms. The van der Waals surface area contributed by atoms with Crippen LogP contribution in [0.3, 0.4) is 0 Å². The molecule has 23 heavy (non-hydrogen) atoms. The summed E-state index contributed by atoms with van der Waals surface area (Å²) in [7, 11) is 0. The number of aromatic amines is 1. The molecular weight excluding hydrogens is 292 g/mol. The number of hydrogen-bond donors (Lipinski definition) is 3. The highest BCUT2D eigenvalue weighted by atomic mass is 16.3. The lowest BCUT2D eigenvalue weighted by atomic mass is 10.1. The van der Waals surface area contributed by atoms with Crippen molar-refractivity contribution in [1.29, 1.82) is 0 Å². The Balaban J connectivity index is 2.16. The van der Waals surface area contributed by atoms with Gasteiger partial charge in [0, 0.05) is 11.5 Å². The third-order valence-corrected chi connectivity index (χ3v) is 4.00. The first-order valence-corrected chi connectivity index (χ1v) is 7.15. The Morgan fingerprint density at radius 3 is 2.83 bits per heavy atom. The standard InChI is InChI=1S/C17H14N4O2/c1-9-6-7-10(22)8-13(9)21-16(18)14-15(20-21)11-4-2-3-5-12(11)19-17(14)23/h2-8,22H,18H2,1H3,(H,19,23). The van der Waals surface area contributed by atoms with E-state index < -0.39 is 0 Å². The Morgan fingerprint density at radius 2 is 2.00 bits per heavy atom. The minimum absolute atomic E-state index is 0.114. The molecule has 0 fully saturated rings. The van der Waals surface area contributed by atoms with Crippen LogP contribution in [0.4, 0.5) is 5.82 Å². The lowest BCUT2D eigenvalue weighted by Crippen LogP contribution is -2.08. The van der Waals surface area contributed by atoms with Gasteiger partial charge in [0.05, 0.1) is 11.2 Å². The number of nitrogens with zero attached hydrogens (tertiary/aromatic N) is 2. The zero-order valence-electron chi connectivity index (χ0n) is 12.4. The van der Waals surface area contributed by atoms with E-state index in [1.165, 1.54) is 4.68 Å². The number of nitrogens with two attached hydrogens (primary N) is 1. The molecule has 0 amide bonds. The van der Waals surface area contributed by atoms with Gasteiger partial charge < -0.3 is 15.8 Å². The van der Waals surface area contributed by atoms with Gasteiger partial charge >= 0.3 is 0 Å². The monoisotopic (exact) mass is 306 g/mol. The van der Waals surface area contributed by atoms with Crippen molar-refractivity contribution in [3.8, 4) is 11.4 Å². The molecule has 6 nitrogen and oxygen atoms in total. The van der Waals surface area contributed by atoms with Crippen LogP contribution >= 0.6 is 0 Å². The molecule has 4 N–H and O–H groups in total. The van der Waals surface area contributed by atoms with Gasteiger partial charge in [0.15, 0.2) is 0 Å². The van der Waals surface area contributed by atoms with E-state index in [0.29, 0.717) is 22.1 Å². The second-order valence-corrected chi connectivity index (χ2v) is 5.49. The highest BCUT2D eigenvalue weighted by Gasteiger charge is 2.17. The number of phenols is 1. The third kappa shape index (κ3) is 1.88. The maximum atomic E-state index is 12.4. The number of nitrogen functional groups attached to an aromatic ring is 1. The number of para-hydroxylation sites is 1. The van der Waals surface area contributed by atoms with E-state index in [2.05, 4.69) is 10.1 Å². The van der Waals surface area contributed by atoms with Crippen LogP contribution < -0.4 is 11.3 Å². The lowest BCUT2D eigenvalue weighted by Gasteiger charge is -2.07. The van der Waals surface area contributed by atoms with E-state index in [1.54, 1.807) is 18.2 Å². The molecule has 0 aliphatic heterocycles. The van der Waals surface area contributed by atoms with Crippen LogP contribution in [0, 0.1) is 6.92 Å². The lowest BCUT2D eigenvalue weighted by molar-refractivity contribution is 0.474. The first-order valence-electron chi connectivity index (χ1n) is 7.15. The minimum Gasteiger partial charge on any atom is -0.508 e. The number of phenolic OH excluding ortho intramolecular Hbond substituents is 1. The van der Waals surface area contributed by atoms with Gasteiger partial charge in [-0.05, 0) is 24.6 Å². The van der Waals surface area contributed by atoms with Gasteiger partial charge in [-0.25, -0.2) is 4.68 Å². The maximum Gasteiger partial charge on any atom is 0.261 e. The largest absolute Gasteiger partial charge is 0.508 e. The van der Waals surface area contributed by atoms with Crippen molar-refractivity contribution in [3.63, 3.8) is 0 Å². The summed E-state index contributed by atoms with van der Waals surface area (Å²) in [4.78, 5) is 15.2. The van der Waals surface area contributed by atoms with Crippen LogP contribution in [-0.2, 0) is 0 Å². The van der Waals surface area contributed by atoms with Gasteiger partial charge in [-0.1, -0.05) is 24.3 Å². The number of nitrogens with one attached hydrogen (secondary N) is 1. The summed E-state index contributed by atoms with van der Waals surface area (Å²) in [6.45, 7) is 1.89. The summed E-state index contributed by atoms with van der Waals surface area (Å²) >= 11 is 0. The van der Waals surface area contributed by atoms with E-state index >= 15 is 0 Å². The minimum atomic E-state index is -0.278. The first-order chi connectivity index (χ1) is 11.1. The Labute approximate surface area is 130 Å². The summed E-state index contributed by atoms with van der Waals surface area (Å²) < 4.78 is 1.50. The normalized spacial score (nSPS) is 11.3. The molecule has 2 heterocycles. The summed E-state index contributed by atoms with van der Waals surface area (Å²) in [6, 6.07) is 12.4.